The van der Waals surface area contributed by atoms with Crippen molar-refractivity contribution in [3.05, 3.63) is 48.0 Å². The van der Waals surface area contributed by atoms with Gasteiger partial charge in [0, 0.05) is 18.7 Å². The number of aromatic nitrogens is 1. The molecule has 0 spiro atoms. The zero-order chi connectivity index (χ0) is 20.3. The Morgan fingerprint density at radius 1 is 1.36 bits per heavy atom. The summed E-state index contributed by atoms with van der Waals surface area (Å²) in [7, 11) is 1.24. The number of nitrogens with zero attached hydrogens (tertiary/aromatic N) is 2. The number of hydrogen-bond acceptors (Lipinski definition) is 6. The van der Waals surface area contributed by atoms with Crippen molar-refractivity contribution in [3.8, 4) is 11.1 Å². The number of ether oxygens (including phenoxy) is 2. The first-order valence-corrected chi connectivity index (χ1v) is 8.46. The summed E-state index contributed by atoms with van der Waals surface area (Å²) in [5.41, 5.74) is 1.09. The van der Waals surface area contributed by atoms with E-state index in [0.29, 0.717) is 11.3 Å². The van der Waals surface area contributed by atoms with E-state index in [1.807, 2.05) is 0 Å². The number of carbonyl (C=O) groups excluding carboxylic acids is 3. The molecule has 0 aliphatic carbocycles. The maximum Gasteiger partial charge on any atom is 0.414 e. The fourth-order valence-corrected chi connectivity index (χ4v) is 2.82. The van der Waals surface area contributed by atoms with Gasteiger partial charge in [-0.25, -0.2) is 19.0 Å². The van der Waals surface area contributed by atoms with Crippen LogP contribution in [0.4, 0.5) is 14.9 Å². The van der Waals surface area contributed by atoms with Crippen LogP contribution in [0.2, 0.25) is 0 Å². The lowest BCUT2D eigenvalue weighted by Gasteiger charge is -2.14. The van der Waals surface area contributed by atoms with Gasteiger partial charge in [0.25, 0.3) is 0 Å². The molecule has 28 heavy (non-hydrogen) atoms. The number of amides is 2. The summed E-state index contributed by atoms with van der Waals surface area (Å²) in [5.74, 6) is -1.42. The number of cyclic esters (lactones) is 1. The average Bonchev–Trinajstić information content (AvgIpc) is 3.06. The van der Waals surface area contributed by atoms with Crippen LogP contribution in [0, 0.1) is 5.82 Å². The molecule has 2 amide bonds. The van der Waals surface area contributed by atoms with Crippen LogP contribution in [-0.4, -0.2) is 49.3 Å². The van der Waals surface area contributed by atoms with Crippen LogP contribution in [0.5, 0.6) is 0 Å². The molecule has 9 heteroatoms. The number of methoxy groups -OCH3 is 1. The highest BCUT2D eigenvalue weighted by atomic mass is 19.1. The van der Waals surface area contributed by atoms with E-state index in [-0.39, 0.29) is 30.3 Å². The topological polar surface area (TPSA) is 97.8 Å². The molecule has 1 aromatic heterocycles. The summed E-state index contributed by atoms with van der Waals surface area (Å²) in [5, 5.41) is 2.58. The van der Waals surface area contributed by atoms with Crippen LogP contribution < -0.4 is 10.2 Å². The fourth-order valence-electron chi connectivity index (χ4n) is 2.82. The van der Waals surface area contributed by atoms with Gasteiger partial charge in [0.05, 0.1) is 25.9 Å². The van der Waals surface area contributed by atoms with Crippen LogP contribution in [-0.2, 0) is 14.3 Å². The molecule has 0 saturated carbocycles. The highest BCUT2D eigenvalue weighted by Gasteiger charge is 2.32. The minimum Gasteiger partial charge on any atom is -0.464 e. The zero-order valence-corrected chi connectivity index (χ0v) is 15.3. The number of rotatable bonds is 5. The van der Waals surface area contributed by atoms with E-state index in [4.69, 9.17) is 4.74 Å². The summed E-state index contributed by atoms with van der Waals surface area (Å²) in [6, 6.07) is 7.30. The molecule has 2 aromatic rings. The summed E-state index contributed by atoms with van der Waals surface area (Å²) in [6.07, 6.45) is 0.265. The Morgan fingerprint density at radius 2 is 2.14 bits per heavy atom. The van der Waals surface area contributed by atoms with E-state index in [1.165, 1.54) is 43.3 Å². The standard InChI is InChI=1S/C19H18FN3O5/c1-11(24)22-9-14-10-23(19(26)28-14)13-3-4-15(16(20)8-13)12-5-6-21-17(7-12)18(25)27-2/h3-8,14H,9-10H2,1-2H3,(H,22,24)/t14-/m0/s1. The second-order valence-electron chi connectivity index (χ2n) is 6.14. The van der Waals surface area contributed by atoms with Gasteiger partial charge in [-0.1, -0.05) is 0 Å². The Morgan fingerprint density at radius 3 is 2.82 bits per heavy atom. The monoisotopic (exact) mass is 387 g/mol. The highest BCUT2D eigenvalue weighted by molar-refractivity contribution is 5.91. The second-order valence-corrected chi connectivity index (χ2v) is 6.14. The van der Waals surface area contributed by atoms with Gasteiger partial charge in [0.15, 0.2) is 0 Å². The lowest BCUT2D eigenvalue weighted by atomic mass is 10.0. The Bertz CT molecular complexity index is 934. The van der Waals surface area contributed by atoms with Gasteiger partial charge >= 0.3 is 12.1 Å². The summed E-state index contributed by atoms with van der Waals surface area (Å²) in [4.78, 5) is 39.8. The summed E-state index contributed by atoms with van der Waals surface area (Å²) >= 11 is 0. The Balaban J connectivity index is 1.80. The lowest BCUT2D eigenvalue weighted by molar-refractivity contribution is -0.119. The maximum atomic E-state index is 14.7. The van der Waals surface area contributed by atoms with E-state index < -0.39 is 24.0 Å². The first kappa shape index (κ1) is 19.3. The minimum atomic E-state index is -0.621. The fraction of sp³-hybridized carbons (Fsp3) is 0.263. The smallest absolute Gasteiger partial charge is 0.414 e. The first-order chi connectivity index (χ1) is 13.4. The molecule has 8 nitrogen and oxygen atoms in total. The molecule has 0 unspecified atom stereocenters. The van der Waals surface area contributed by atoms with Crippen molar-refractivity contribution in [2.24, 2.45) is 0 Å². The lowest BCUT2D eigenvalue weighted by Crippen LogP contribution is -2.33. The second kappa shape index (κ2) is 8.03. The predicted octanol–water partition coefficient (Wildman–Crippen LogP) is 2.14. The summed E-state index contributed by atoms with van der Waals surface area (Å²) in [6.45, 7) is 1.75. The number of carbonyl (C=O) groups is 3. The predicted molar refractivity (Wildman–Crippen MR) is 97.3 cm³/mol. The molecule has 1 saturated heterocycles. The normalized spacial score (nSPS) is 15.9. The molecule has 1 aliphatic heterocycles. The molecule has 1 aliphatic rings. The van der Waals surface area contributed by atoms with Crippen LogP contribution in [0.3, 0.4) is 0 Å². The Kier molecular flexibility index (Phi) is 5.53. The third kappa shape index (κ3) is 4.08. The Hall–Kier alpha value is -3.49. The van der Waals surface area contributed by atoms with Crippen molar-refractivity contribution >= 4 is 23.7 Å². The van der Waals surface area contributed by atoms with Crippen molar-refractivity contribution < 1.29 is 28.2 Å². The number of benzene rings is 1. The van der Waals surface area contributed by atoms with Crippen molar-refractivity contribution in [2.45, 2.75) is 13.0 Å². The number of halogens is 1. The van der Waals surface area contributed by atoms with Gasteiger partial charge in [-0.2, -0.15) is 0 Å². The van der Waals surface area contributed by atoms with Crippen molar-refractivity contribution in [1.82, 2.24) is 10.3 Å². The molecule has 1 fully saturated rings. The summed E-state index contributed by atoms with van der Waals surface area (Å²) < 4.78 is 24.5. The molecule has 1 aromatic carbocycles. The highest BCUT2D eigenvalue weighted by Crippen LogP contribution is 2.29. The third-order valence-electron chi connectivity index (χ3n) is 4.18. The van der Waals surface area contributed by atoms with Crippen LogP contribution >= 0.6 is 0 Å². The minimum absolute atomic E-state index is 0.0624. The zero-order valence-electron chi connectivity index (χ0n) is 15.3. The number of esters is 1. The molecular weight excluding hydrogens is 369 g/mol. The van der Waals surface area contributed by atoms with E-state index in [2.05, 4.69) is 15.0 Å². The van der Waals surface area contributed by atoms with E-state index >= 15 is 0 Å². The first-order valence-electron chi connectivity index (χ1n) is 8.46. The quantitative estimate of drug-likeness (QED) is 0.790. The molecule has 3 rings (SSSR count). The van der Waals surface area contributed by atoms with E-state index in [0.717, 1.165) is 0 Å². The largest absolute Gasteiger partial charge is 0.464 e. The number of anilines is 1. The van der Waals surface area contributed by atoms with Gasteiger partial charge in [0.2, 0.25) is 5.91 Å². The molecular formula is C19H18FN3O5. The van der Waals surface area contributed by atoms with Gasteiger partial charge in [-0.15, -0.1) is 0 Å². The average molecular weight is 387 g/mol. The van der Waals surface area contributed by atoms with Gasteiger partial charge in [0.1, 0.15) is 17.6 Å². The van der Waals surface area contributed by atoms with Crippen LogP contribution in [0.25, 0.3) is 11.1 Å². The van der Waals surface area contributed by atoms with Gasteiger partial charge in [-0.3, -0.25) is 9.69 Å². The van der Waals surface area contributed by atoms with Crippen molar-refractivity contribution in [2.75, 3.05) is 25.1 Å². The maximum absolute atomic E-state index is 14.7. The van der Waals surface area contributed by atoms with E-state index in [9.17, 15) is 18.8 Å². The van der Waals surface area contributed by atoms with Crippen LogP contribution in [0.15, 0.2) is 36.5 Å². The molecule has 1 atom stereocenters. The van der Waals surface area contributed by atoms with Crippen molar-refractivity contribution in [1.29, 1.82) is 0 Å². The molecule has 2 heterocycles. The molecule has 0 bridgehead atoms. The molecule has 146 valence electrons. The van der Waals surface area contributed by atoms with Crippen LogP contribution in [0.1, 0.15) is 17.4 Å². The number of nitrogens with one attached hydrogen (secondary N) is 1. The van der Waals surface area contributed by atoms with E-state index in [1.54, 1.807) is 12.1 Å². The Labute approximate surface area is 160 Å². The molecule has 0 radical (unpaired) electrons. The number of hydrogen-bond donors (Lipinski definition) is 1. The van der Waals surface area contributed by atoms with Crippen molar-refractivity contribution in [3.63, 3.8) is 0 Å². The molecule has 1 N–H and O–H groups in total. The third-order valence-corrected chi connectivity index (χ3v) is 4.18. The number of pyridine rings is 1. The van der Waals surface area contributed by atoms with Gasteiger partial charge < -0.3 is 14.8 Å². The SMILES string of the molecule is COC(=O)c1cc(-c2ccc(N3C[C@H](CNC(C)=O)OC3=O)cc2F)ccn1. The van der Waals surface area contributed by atoms with Gasteiger partial charge in [-0.05, 0) is 35.9 Å².